The number of nitrogens with zero attached hydrogens (tertiary/aromatic N) is 2. The molecule has 0 fully saturated rings. The Kier molecular flexibility index (Phi) is 9.11. The van der Waals surface area contributed by atoms with E-state index in [1.165, 1.54) is 24.3 Å². The van der Waals surface area contributed by atoms with Crippen molar-refractivity contribution in [3.8, 4) is 6.07 Å². The molecule has 12 heteroatoms. The van der Waals surface area contributed by atoms with Gasteiger partial charge in [0.15, 0.2) is 0 Å². The van der Waals surface area contributed by atoms with Gasteiger partial charge in [-0.3, -0.25) is 19.7 Å². The van der Waals surface area contributed by atoms with Crippen LogP contribution in [0.5, 0.6) is 0 Å². The monoisotopic (exact) mass is 593 g/mol. The number of hydrogen-bond acceptors (Lipinski definition) is 7. The zero-order chi connectivity index (χ0) is 28.8. The van der Waals surface area contributed by atoms with Crippen LogP contribution in [0.15, 0.2) is 94.7 Å². The van der Waals surface area contributed by atoms with Crippen LogP contribution in [0.4, 0.5) is 17.1 Å². The first-order chi connectivity index (χ1) is 19.2. The van der Waals surface area contributed by atoms with Gasteiger partial charge < -0.3 is 16.0 Å². The minimum Gasteiger partial charge on any atom is -0.353 e. The normalized spacial score (nSPS) is 14.7. The molecule has 202 valence electrons. The van der Waals surface area contributed by atoms with Gasteiger partial charge in [-0.1, -0.05) is 53.2 Å². The number of halogens is 2. The molecule has 1 aliphatic heterocycles. The smallest absolute Gasteiger partial charge is 0.269 e. The van der Waals surface area contributed by atoms with Crippen molar-refractivity contribution >= 4 is 63.8 Å². The fourth-order valence-electron chi connectivity index (χ4n) is 4.08. The molecular weight excluding hydrogens is 573 g/mol. The molecule has 3 aromatic carbocycles. The SMILES string of the molecule is CC1=C(C(=O)Nc2ccc(Cl)cc2)[C@H](c2ccccc2Cl)C(C#N)=C(SCC(=O)Nc2ccc([N+](=O)[O-])cc2)N1. The lowest BCUT2D eigenvalue weighted by Gasteiger charge is -2.30. The third kappa shape index (κ3) is 6.63. The predicted molar refractivity (Wildman–Crippen MR) is 157 cm³/mol. The van der Waals surface area contributed by atoms with Gasteiger partial charge in [0.2, 0.25) is 5.91 Å². The van der Waals surface area contributed by atoms with Crippen molar-refractivity contribution in [1.29, 1.82) is 5.26 Å². The molecule has 1 atom stereocenters. The third-order valence-corrected chi connectivity index (χ3v) is 7.53. The lowest BCUT2D eigenvalue weighted by molar-refractivity contribution is -0.384. The second kappa shape index (κ2) is 12.7. The van der Waals surface area contributed by atoms with Crippen molar-refractivity contribution in [3.63, 3.8) is 0 Å². The van der Waals surface area contributed by atoms with Gasteiger partial charge in [0.25, 0.3) is 11.6 Å². The number of hydrogen-bond donors (Lipinski definition) is 3. The Balaban J connectivity index is 1.60. The first kappa shape index (κ1) is 28.7. The summed E-state index contributed by atoms with van der Waals surface area (Å²) >= 11 is 13.6. The first-order valence-electron chi connectivity index (χ1n) is 11.8. The highest BCUT2D eigenvalue weighted by Gasteiger charge is 2.36. The number of nitro benzene ring substituents is 1. The highest BCUT2D eigenvalue weighted by atomic mass is 35.5. The number of nitriles is 1. The molecule has 0 aliphatic carbocycles. The lowest BCUT2D eigenvalue weighted by atomic mass is 9.82. The van der Waals surface area contributed by atoms with Gasteiger partial charge >= 0.3 is 0 Å². The van der Waals surface area contributed by atoms with Gasteiger partial charge in [0.1, 0.15) is 0 Å². The molecule has 1 heterocycles. The molecule has 1 aliphatic rings. The standard InChI is InChI=1S/C28H21Cl2N5O4S/c1-16-25(27(37)34-19-8-6-17(29)7-9-19)26(21-4-2-3-5-23(21)30)22(14-31)28(32-16)40-15-24(36)33-18-10-12-20(13-11-18)35(38)39/h2-13,26,32H,15H2,1H3,(H,33,36)(H,34,37)/t26-/m1/s1. The molecule has 0 radical (unpaired) electrons. The molecule has 0 unspecified atom stereocenters. The maximum Gasteiger partial charge on any atom is 0.269 e. The Bertz CT molecular complexity index is 1580. The molecule has 0 bridgehead atoms. The van der Waals surface area contributed by atoms with E-state index < -0.39 is 16.7 Å². The average Bonchev–Trinajstić information content (AvgIpc) is 2.93. The molecule has 2 amide bonds. The van der Waals surface area contributed by atoms with E-state index in [9.17, 15) is 25.0 Å². The van der Waals surface area contributed by atoms with Crippen molar-refractivity contribution in [1.82, 2.24) is 5.32 Å². The van der Waals surface area contributed by atoms with Gasteiger partial charge in [-0.25, -0.2) is 0 Å². The Morgan fingerprint density at radius 3 is 2.27 bits per heavy atom. The fourth-order valence-corrected chi connectivity index (χ4v) is 5.34. The minimum atomic E-state index is -0.799. The average molecular weight is 594 g/mol. The number of anilines is 2. The van der Waals surface area contributed by atoms with Gasteiger partial charge in [0, 0.05) is 44.8 Å². The second-order valence-corrected chi connectivity index (χ2v) is 10.4. The number of dihydropyridines is 1. The molecule has 0 saturated heterocycles. The minimum absolute atomic E-state index is 0.0701. The van der Waals surface area contributed by atoms with E-state index in [-0.39, 0.29) is 22.9 Å². The van der Waals surface area contributed by atoms with Crippen LogP contribution < -0.4 is 16.0 Å². The quantitative estimate of drug-likeness (QED) is 0.197. The number of benzene rings is 3. The highest BCUT2D eigenvalue weighted by Crippen LogP contribution is 2.43. The Morgan fingerprint density at radius 1 is 1.02 bits per heavy atom. The van der Waals surface area contributed by atoms with Crippen molar-refractivity contribution in [3.05, 3.63) is 120 Å². The van der Waals surface area contributed by atoms with E-state index >= 15 is 0 Å². The van der Waals surface area contributed by atoms with Crippen LogP contribution in [-0.2, 0) is 9.59 Å². The maximum absolute atomic E-state index is 13.5. The largest absolute Gasteiger partial charge is 0.353 e. The Labute approximate surface area is 244 Å². The van der Waals surface area contributed by atoms with Crippen LogP contribution in [0.1, 0.15) is 18.4 Å². The second-order valence-electron chi connectivity index (χ2n) is 8.57. The van der Waals surface area contributed by atoms with Crippen molar-refractivity contribution in [2.45, 2.75) is 12.8 Å². The first-order valence-corrected chi connectivity index (χ1v) is 13.5. The van der Waals surface area contributed by atoms with Gasteiger partial charge in [0.05, 0.1) is 33.3 Å². The predicted octanol–water partition coefficient (Wildman–Crippen LogP) is 6.61. The summed E-state index contributed by atoms with van der Waals surface area (Å²) < 4.78 is 0. The zero-order valence-corrected chi connectivity index (χ0v) is 23.2. The molecule has 9 nitrogen and oxygen atoms in total. The van der Waals surface area contributed by atoms with Crippen LogP contribution in [0.25, 0.3) is 0 Å². The Hall–Kier alpha value is -4.30. The summed E-state index contributed by atoms with van der Waals surface area (Å²) in [5.74, 6) is -1.68. The van der Waals surface area contributed by atoms with Crippen LogP contribution in [-0.4, -0.2) is 22.5 Å². The highest BCUT2D eigenvalue weighted by molar-refractivity contribution is 8.03. The van der Waals surface area contributed by atoms with Gasteiger partial charge in [-0.15, -0.1) is 0 Å². The molecule has 3 aromatic rings. The van der Waals surface area contributed by atoms with E-state index in [4.69, 9.17) is 23.2 Å². The van der Waals surface area contributed by atoms with E-state index in [0.717, 1.165) is 11.8 Å². The van der Waals surface area contributed by atoms with Gasteiger partial charge in [-0.05, 0) is 55.0 Å². The maximum atomic E-state index is 13.5. The van der Waals surface area contributed by atoms with Crippen molar-refractivity contribution < 1.29 is 14.5 Å². The summed E-state index contributed by atoms with van der Waals surface area (Å²) in [5, 5.41) is 31.1. The number of non-ortho nitro benzene ring substituents is 1. The number of carbonyl (C=O) groups excluding carboxylic acids is 2. The summed E-state index contributed by atoms with van der Waals surface area (Å²) in [6, 6.07) is 21.3. The topological polar surface area (TPSA) is 137 Å². The van der Waals surface area contributed by atoms with Crippen LogP contribution in [0.2, 0.25) is 10.0 Å². The zero-order valence-electron chi connectivity index (χ0n) is 20.9. The van der Waals surface area contributed by atoms with Crippen LogP contribution in [0.3, 0.4) is 0 Å². The third-order valence-electron chi connectivity index (χ3n) is 5.92. The number of amides is 2. The molecule has 3 N–H and O–H groups in total. The Morgan fingerprint density at radius 2 is 1.65 bits per heavy atom. The van der Waals surface area contributed by atoms with E-state index in [0.29, 0.717) is 43.3 Å². The number of allylic oxidation sites excluding steroid dienone is 2. The van der Waals surface area contributed by atoms with Gasteiger partial charge in [-0.2, -0.15) is 5.26 Å². The molecule has 0 aromatic heterocycles. The molecular formula is C28H21Cl2N5O4S. The summed E-state index contributed by atoms with van der Waals surface area (Å²) in [5.41, 5.74) is 2.43. The fraction of sp³-hybridized carbons (Fsp3) is 0.107. The van der Waals surface area contributed by atoms with E-state index in [2.05, 4.69) is 22.0 Å². The number of carbonyl (C=O) groups is 2. The summed E-state index contributed by atoms with van der Waals surface area (Å²) in [7, 11) is 0. The number of thioether (sulfide) groups is 1. The number of nitrogens with one attached hydrogen (secondary N) is 3. The van der Waals surface area contributed by atoms with E-state index in [1.807, 2.05) is 0 Å². The summed E-state index contributed by atoms with van der Waals surface area (Å²) in [6.45, 7) is 1.71. The van der Waals surface area contributed by atoms with E-state index in [1.54, 1.807) is 55.5 Å². The lowest BCUT2D eigenvalue weighted by Crippen LogP contribution is -2.31. The van der Waals surface area contributed by atoms with Crippen LogP contribution >= 0.6 is 35.0 Å². The molecule has 4 rings (SSSR count). The molecule has 0 spiro atoms. The number of rotatable bonds is 8. The molecule has 40 heavy (non-hydrogen) atoms. The molecule has 0 saturated carbocycles. The van der Waals surface area contributed by atoms with Crippen molar-refractivity contribution in [2.75, 3.05) is 16.4 Å². The number of nitro groups is 1. The van der Waals surface area contributed by atoms with Crippen LogP contribution in [0, 0.1) is 21.4 Å². The summed E-state index contributed by atoms with van der Waals surface area (Å²) in [4.78, 5) is 36.5. The summed E-state index contributed by atoms with van der Waals surface area (Å²) in [6.07, 6.45) is 0. The van der Waals surface area contributed by atoms with Crippen molar-refractivity contribution in [2.24, 2.45) is 0 Å².